The molecule has 0 saturated carbocycles. The lowest BCUT2D eigenvalue weighted by molar-refractivity contribution is 0.470. The van der Waals surface area contributed by atoms with Crippen molar-refractivity contribution in [1.29, 1.82) is 0 Å². The summed E-state index contributed by atoms with van der Waals surface area (Å²) in [6.07, 6.45) is 62.4. The van der Waals surface area contributed by atoms with E-state index < -0.39 is 0 Å². The maximum atomic E-state index is 12.8. The van der Waals surface area contributed by atoms with Crippen molar-refractivity contribution in [3.63, 3.8) is 0 Å². The number of hydrogen-bond donors (Lipinski definition) is 4. The molecule has 22 rings (SSSR count). The number of allylic oxidation sites excluding steroid dienone is 11. The Bertz CT molecular complexity index is 5380. The zero-order chi connectivity index (χ0) is 79.6. The monoisotopic (exact) mass is 1500 g/mol. The minimum absolute atomic E-state index is 0.105. The van der Waals surface area contributed by atoms with Crippen molar-refractivity contribution in [2.75, 3.05) is 0 Å². The molecule has 0 radical (unpaired) electrons. The zero-order valence-corrected chi connectivity index (χ0v) is 66.4. The molecular formula is C108H104F2O4. The van der Waals surface area contributed by atoms with Crippen LogP contribution in [-0.4, -0.2) is 20.4 Å². The lowest BCUT2D eigenvalue weighted by Crippen LogP contribution is -1.90. The number of phenols is 4. The van der Waals surface area contributed by atoms with Gasteiger partial charge >= 0.3 is 0 Å². The van der Waals surface area contributed by atoms with E-state index in [2.05, 4.69) is 217 Å². The van der Waals surface area contributed by atoms with E-state index in [4.69, 9.17) is 10.2 Å². The normalized spacial score (nSPS) is 13.6. The average Bonchev–Trinajstić information content (AvgIpc) is 1.65. The molecule has 0 unspecified atom stereocenters. The van der Waals surface area contributed by atoms with E-state index in [1.54, 1.807) is 42.5 Å². The molecule has 114 heavy (non-hydrogen) atoms. The Hall–Kier alpha value is -12.4. The molecule has 0 atom stereocenters. The van der Waals surface area contributed by atoms with Gasteiger partial charge in [0.1, 0.15) is 34.6 Å². The van der Waals surface area contributed by atoms with Crippen LogP contribution < -0.4 is 0 Å². The first-order chi connectivity index (χ1) is 55.7. The van der Waals surface area contributed by atoms with E-state index in [1.807, 2.05) is 97.1 Å². The first-order valence-electron chi connectivity index (χ1n) is 40.4. The minimum Gasteiger partial charge on any atom is -0.508 e. The molecule has 6 heteroatoms. The van der Waals surface area contributed by atoms with E-state index in [1.165, 1.54) is 123 Å². The molecule has 0 saturated heterocycles. The summed E-state index contributed by atoms with van der Waals surface area (Å²) in [5.74, 6) is 1.28. The van der Waals surface area contributed by atoms with Crippen LogP contribution in [0, 0.1) is 18.6 Å². The highest BCUT2D eigenvalue weighted by Crippen LogP contribution is 2.32. The second kappa shape index (κ2) is 40.7. The van der Waals surface area contributed by atoms with Gasteiger partial charge in [-0.25, -0.2) is 8.78 Å². The molecular weight excluding hydrogens is 1400 g/mol. The summed E-state index contributed by atoms with van der Waals surface area (Å²) in [6, 6.07) is 65.4. The summed E-state index contributed by atoms with van der Waals surface area (Å²) in [5, 5.41) is 36.7. The van der Waals surface area contributed by atoms with Crippen LogP contribution in [0.4, 0.5) is 8.78 Å². The molecule has 11 aromatic carbocycles. The van der Waals surface area contributed by atoms with E-state index in [-0.39, 0.29) is 11.6 Å². The highest BCUT2D eigenvalue weighted by Gasteiger charge is 2.14. The fraction of sp³-hybridized carbons (Fsp3) is 0.185. The van der Waals surface area contributed by atoms with Gasteiger partial charge in [-0.15, -0.1) is 0 Å². The van der Waals surface area contributed by atoms with Gasteiger partial charge in [-0.2, -0.15) is 0 Å². The van der Waals surface area contributed by atoms with Gasteiger partial charge in [0.15, 0.2) is 0 Å². The van der Waals surface area contributed by atoms with Crippen LogP contribution in [0.2, 0.25) is 0 Å². The fourth-order valence-corrected chi connectivity index (χ4v) is 15.4. The van der Waals surface area contributed by atoms with Gasteiger partial charge in [0.2, 0.25) is 0 Å². The zero-order valence-electron chi connectivity index (χ0n) is 66.4. The smallest absolute Gasteiger partial charge is 0.130 e. The van der Waals surface area contributed by atoms with Gasteiger partial charge in [0, 0.05) is 16.7 Å². The van der Waals surface area contributed by atoms with Crippen LogP contribution in [0.15, 0.2) is 267 Å². The fourth-order valence-electron chi connectivity index (χ4n) is 15.4. The molecule has 0 bridgehead atoms. The number of rotatable bonds is 4. The Morgan fingerprint density at radius 2 is 0.649 bits per heavy atom. The van der Waals surface area contributed by atoms with Crippen LogP contribution in [-0.2, 0) is 96.3 Å². The highest BCUT2D eigenvalue weighted by atomic mass is 19.1. The summed E-state index contributed by atoms with van der Waals surface area (Å²) in [7, 11) is 0. The summed E-state index contributed by atoms with van der Waals surface area (Å²) in [6.45, 7) is 11.0. The summed E-state index contributed by atoms with van der Waals surface area (Å²) in [4.78, 5) is 0. The second-order valence-electron chi connectivity index (χ2n) is 29.4. The summed E-state index contributed by atoms with van der Waals surface area (Å²) in [5.41, 5.74) is 35.4. The molecule has 11 aliphatic carbocycles. The van der Waals surface area contributed by atoms with Gasteiger partial charge in [0.25, 0.3) is 0 Å². The Kier molecular flexibility index (Phi) is 29.0. The maximum Gasteiger partial charge on any atom is 0.130 e. The SMILES string of the molecule is CCc1ccc2c(c1)C=CC2.CCc1ccc2c(c1)CC=C2.CCc1cccc2c1C=CC2.CCc1cccc2c1CC=C2.Cc1cccc2c1CC=C2.Fc1ccc2c(c1)C=CC2.Fc1cccc2c1C=CC2.Oc1ccc2c(c1)C=CC2.Oc1ccc2c(c1)CC=C2.Oc1cccc2c1C=CC2.Oc1cccc2c1CC=C2. The van der Waals surface area contributed by atoms with Gasteiger partial charge in [-0.1, -0.05) is 307 Å². The van der Waals surface area contributed by atoms with Crippen molar-refractivity contribution in [1.82, 2.24) is 0 Å². The Balaban J connectivity index is 0.000000116. The molecule has 4 N–H and O–H groups in total. The van der Waals surface area contributed by atoms with Crippen LogP contribution in [0.1, 0.15) is 178 Å². The predicted molar refractivity (Wildman–Crippen MR) is 480 cm³/mol. The van der Waals surface area contributed by atoms with Crippen molar-refractivity contribution < 1.29 is 29.2 Å². The van der Waals surface area contributed by atoms with Crippen molar-refractivity contribution in [2.24, 2.45) is 0 Å². The molecule has 0 aliphatic heterocycles. The standard InChI is InChI=1S/4C11H12.C10H10.2C9H7F.4C9H8O/c2*1-2-9-5-3-6-10-7-4-8-11(9)10;2*1-2-9-6-7-10-4-3-5-11(10)8-9;1-8-4-2-5-9-6-3-7-10(8)9;10-9-6-2-4-7-3-1-5-8(7)9;10-9-5-4-7-2-1-3-8(7)6-9;2*10-9-6-2-4-7-3-1-5-8(7)9;2*10-9-5-4-7-2-1-3-8(7)6-9/h3-6,8H,2,7H2,1H3;3-7H,2,8H2,1H3;3,5-8H,2,4H2,1H3;3-4,6-8H,2,5H2,1H3;2-6H,7H2,1H3;1-2,4-6H,3H2;1,3-6H,2H2;1-2,4-6,10H,3H2;1-4,6,10H,5H2;1,3-6,10H,2H2;1-2,4-6,10H,3H2. The van der Waals surface area contributed by atoms with Crippen molar-refractivity contribution in [2.45, 2.75) is 131 Å². The summed E-state index contributed by atoms with van der Waals surface area (Å²) >= 11 is 0. The number of fused-ring (bicyclic) bond motifs is 11. The number of halogens is 2. The largest absolute Gasteiger partial charge is 0.508 e. The average molecular weight is 1500 g/mol. The molecule has 11 aromatic rings. The van der Waals surface area contributed by atoms with E-state index in [0.29, 0.717) is 23.0 Å². The third-order valence-corrected chi connectivity index (χ3v) is 21.8. The van der Waals surface area contributed by atoms with Crippen LogP contribution in [0.3, 0.4) is 0 Å². The van der Waals surface area contributed by atoms with Gasteiger partial charge in [0.05, 0.1) is 0 Å². The topological polar surface area (TPSA) is 80.9 Å². The molecule has 0 fully saturated rings. The van der Waals surface area contributed by atoms with E-state index in [9.17, 15) is 19.0 Å². The minimum atomic E-state index is -0.148. The third kappa shape index (κ3) is 21.8. The quantitative estimate of drug-likeness (QED) is 0.142. The lowest BCUT2D eigenvalue weighted by Gasteiger charge is -2.04. The number of phenolic OH excluding ortho intramolecular Hbond substituents is 4. The molecule has 4 nitrogen and oxygen atoms in total. The van der Waals surface area contributed by atoms with Crippen LogP contribution in [0.25, 0.3) is 66.8 Å². The molecule has 11 aliphatic rings. The number of hydrogen-bond acceptors (Lipinski definition) is 4. The van der Waals surface area contributed by atoms with Crippen LogP contribution in [0.5, 0.6) is 23.0 Å². The molecule has 0 aromatic heterocycles. The number of aryl methyl sites for hydroxylation is 5. The van der Waals surface area contributed by atoms with Gasteiger partial charge < -0.3 is 20.4 Å². The number of benzene rings is 11. The van der Waals surface area contributed by atoms with Gasteiger partial charge in [-0.05, 0) is 291 Å². The van der Waals surface area contributed by atoms with Crippen molar-refractivity contribution in [3.05, 3.63) is 429 Å². The predicted octanol–water partition coefficient (Wildman–Crippen LogP) is 26.5. The highest BCUT2D eigenvalue weighted by molar-refractivity contribution is 5.69. The van der Waals surface area contributed by atoms with Crippen LogP contribution >= 0.6 is 0 Å². The Morgan fingerprint density at radius 3 is 1.26 bits per heavy atom. The third-order valence-electron chi connectivity index (χ3n) is 21.8. The van der Waals surface area contributed by atoms with Gasteiger partial charge in [-0.3, -0.25) is 0 Å². The molecule has 574 valence electrons. The Labute approximate surface area is 674 Å². The second-order valence-corrected chi connectivity index (χ2v) is 29.4. The lowest BCUT2D eigenvalue weighted by atomic mass is 10.0. The van der Waals surface area contributed by atoms with Crippen molar-refractivity contribution >= 4 is 66.8 Å². The van der Waals surface area contributed by atoms with Crippen molar-refractivity contribution in [3.8, 4) is 23.0 Å². The summed E-state index contributed by atoms with van der Waals surface area (Å²) < 4.78 is 25.4. The number of aromatic hydroxyl groups is 4. The molecule has 0 amide bonds. The Morgan fingerprint density at radius 1 is 0.254 bits per heavy atom. The molecule has 0 heterocycles. The van der Waals surface area contributed by atoms with E-state index >= 15 is 0 Å². The maximum absolute atomic E-state index is 12.8. The molecule has 0 spiro atoms. The van der Waals surface area contributed by atoms with E-state index in [0.717, 1.165) is 135 Å². The first-order valence-corrected chi connectivity index (χ1v) is 40.4. The first kappa shape index (κ1) is 81.1.